The molecule has 0 unspecified atom stereocenters. The minimum absolute atomic E-state index is 0.0336. The summed E-state index contributed by atoms with van der Waals surface area (Å²) in [5.41, 5.74) is 0.513. The first kappa shape index (κ1) is 24.6. The fourth-order valence-corrected chi connectivity index (χ4v) is 4.14. The van der Waals surface area contributed by atoms with E-state index in [9.17, 15) is 18.0 Å². The van der Waals surface area contributed by atoms with E-state index in [2.05, 4.69) is 10.6 Å². The molecule has 0 heterocycles. The SMILES string of the molecule is CCOc1ccc(NC(=O)CNC(=O)c2cc(S(=O)(=O)N(C)C(C)C)ccc2Cl)cc1. The number of carbonyl (C=O) groups is 2. The maximum Gasteiger partial charge on any atom is 0.253 e. The van der Waals surface area contributed by atoms with Crippen molar-refractivity contribution in [1.29, 1.82) is 0 Å². The van der Waals surface area contributed by atoms with E-state index in [1.54, 1.807) is 38.1 Å². The number of rotatable bonds is 9. The summed E-state index contributed by atoms with van der Waals surface area (Å²) in [6.07, 6.45) is 0. The van der Waals surface area contributed by atoms with Crippen molar-refractivity contribution in [1.82, 2.24) is 9.62 Å². The average Bonchev–Trinajstić information content (AvgIpc) is 2.73. The van der Waals surface area contributed by atoms with Crippen LogP contribution in [0.5, 0.6) is 5.75 Å². The summed E-state index contributed by atoms with van der Waals surface area (Å²) >= 11 is 6.09. The van der Waals surface area contributed by atoms with Crippen LogP contribution in [0, 0.1) is 0 Å². The number of hydrogen-bond acceptors (Lipinski definition) is 5. The van der Waals surface area contributed by atoms with E-state index in [0.717, 1.165) is 0 Å². The Balaban J connectivity index is 2.05. The molecule has 0 saturated heterocycles. The van der Waals surface area contributed by atoms with Crippen LogP contribution in [-0.2, 0) is 14.8 Å². The molecule has 2 aromatic rings. The third kappa shape index (κ3) is 6.43. The van der Waals surface area contributed by atoms with Gasteiger partial charge < -0.3 is 15.4 Å². The van der Waals surface area contributed by atoms with Gasteiger partial charge in [0.15, 0.2) is 0 Å². The maximum atomic E-state index is 12.7. The monoisotopic (exact) mass is 467 g/mol. The van der Waals surface area contributed by atoms with Crippen molar-refractivity contribution in [2.24, 2.45) is 0 Å². The molecular weight excluding hydrogens is 442 g/mol. The highest BCUT2D eigenvalue weighted by Crippen LogP contribution is 2.23. The van der Waals surface area contributed by atoms with Crippen LogP contribution in [0.25, 0.3) is 0 Å². The number of nitrogens with zero attached hydrogens (tertiary/aromatic N) is 1. The highest BCUT2D eigenvalue weighted by molar-refractivity contribution is 7.89. The standard InChI is InChI=1S/C21H26ClN3O5S/c1-5-30-16-8-6-15(7-9-16)24-20(26)13-23-21(27)18-12-17(10-11-19(18)22)31(28,29)25(4)14(2)3/h6-12,14H,5,13H2,1-4H3,(H,23,27)(H,24,26). The number of nitrogens with one attached hydrogen (secondary N) is 2. The lowest BCUT2D eigenvalue weighted by molar-refractivity contribution is -0.115. The molecule has 0 atom stereocenters. The van der Waals surface area contributed by atoms with Gasteiger partial charge in [-0.25, -0.2) is 8.42 Å². The normalized spacial score (nSPS) is 11.5. The predicted molar refractivity (Wildman–Crippen MR) is 120 cm³/mol. The van der Waals surface area contributed by atoms with Crippen molar-refractivity contribution in [3.8, 4) is 5.75 Å². The topological polar surface area (TPSA) is 105 Å². The van der Waals surface area contributed by atoms with Gasteiger partial charge in [-0.2, -0.15) is 4.31 Å². The molecule has 2 amide bonds. The molecule has 2 N–H and O–H groups in total. The van der Waals surface area contributed by atoms with Crippen LogP contribution in [0.2, 0.25) is 5.02 Å². The second-order valence-corrected chi connectivity index (χ2v) is 9.35. The zero-order chi connectivity index (χ0) is 23.2. The van der Waals surface area contributed by atoms with Crippen LogP contribution >= 0.6 is 11.6 Å². The Morgan fingerprint density at radius 2 is 1.77 bits per heavy atom. The second-order valence-electron chi connectivity index (χ2n) is 6.94. The largest absolute Gasteiger partial charge is 0.494 e. The van der Waals surface area contributed by atoms with Crippen molar-refractivity contribution >= 4 is 39.1 Å². The van der Waals surface area contributed by atoms with Gasteiger partial charge in [0.05, 0.1) is 28.6 Å². The summed E-state index contributed by atoms with van der Waals surface area (Å²) in [6, 6.07) is 10.4. The molecule has 31 heavy (non-hydrogen) atoms. The highest BCUT2D eigenvalue weighted by Gasteiger charge is 2.25. The Morgan fingerprint density at radius 1 is 1.13 bits per heavy atom. The number of sulfonamides is 1. The first-order valence-electron chi connectivity index (χ1n) is 9.64. The van der Waals surface area contributed by atoms with Crippen LogP contribution in [0.15, 0.2) is 47.4 Å². The zero-order valence-corrected chi connectivity index (χ0v) is 19.4. The quantitative estimate of drug-likeness (QED) is 0.589. The molecule has 0 fully saturated rings. The van der Waals surface area contributed by atoms with Crippen LogP contribution in [0.3, 0.4) is 0 Å². The highest BCUT2D eigenvalue weighted by atomic mass is 35.5. The molecule has 2 aromatic carbocycles. The zero-order valence-electron chi connectivity index (χ0n) is 17.8. The number of halogens is 1. The van der Waals surface area contributed by atoms with Gasteiger partial charge in [0.2, 0.25) is 15.9 Å². The van der Waals surface area contributed by atoms with Crippen LogP contribution in [0.4, 0.5) is 5.69 Å². The van der Waals surface area contributed by atoms with Gasteiger partial charge >= 0.3 is 0 Å². The second kappa shape index (κ2) is 10.6. The molecule has 8 nitrogen and oxygen atoms in total. The lowest BCUT2D eigenvalue weighted by atomic mass is 10.2. The van der Waals surface area contributed by atoms with Crippen LogP contribution in [-0.4, -0.2) is 50.8 Å². The lowest BCUT2D eigenvalue weighted by Crippen LogP contribution is -2.34. The molecule has 0 radical (unpaired) electrons. The molecule has 168 valence electrons. The molecule has 10 heteroatoms. The number of carbonyl (C=O) groups excluding carboxylic acids is 2. The minimum atomic E-state index is -3.79. The fraction of sp³-hybridized carbons (Fsp3) is 0.333. The first-order valence-corrected chi connectivity index (χ1v) is 11.5. The molecular formula is C21H26ClN3O5S. The summed E-state index contributed by atoms with van der Waals surface area (Å²) in [7, 11) is -2.33. The Hall–Kier alpha value is -2.62. The average molecular weight is 468 g/mol. The number of amides is 2. The van der Waals surface area contributed by atoms with Crippen molar-refractivity contribution in [3.63, 3.8) is 0 Å². The van der Waals surface area contributed by atoms with Crippen molar-refractivity contribution < 1.29 is 22.7 Å². The summed E-state index contributed by atoms with van der Waals surface area (Å²) < 4.78 is 31.9. The summed E-state index contributed by atoms with van der Waals surface area (Å²) in [5, 5.41) is 5.18. The molecule has 0 spiro atoms. The minimum Gasteiger partial charge on any atom is -0.494 e. The maximum absolute atomic E-state index is 12.7. The third-order valence-corrected chi connectivity index (χ3v) is 6.80. The van der Waals surface area contributed by atoms with Crippen molar-refractivity contribution in [2.45, 2.75) is 31.7 Å². The molecule has 0 aliphatic heterocycles. The number of ether oxygens (including phenoxy) is 1. The molecule has 0 saturated carbocycles. The molecule has 0 aromatic heterocycles. The van der Waals surface area contributed by atoms with E-state index in [-0.39, 0.29) is 28.1 Å². The first-order chi connectivity index (χ1) is 14.6. The van der Waals surface area contributed by atoms with Gasteiger partial charge in [0, 0.05) is 18.8 Å². The third-order valence-electron chi connectivity index (χ3n) is 4.45. The Morgan fingerprint density at radius 3 is 2.35 bits per heavy atom. The summed E-state index contributed by atoms with van der Waals surface area (Å²) in [6.45, 7) is 5.58. The van der Waals surface area contributed by atoms with Gasteiger partial charge in [0.25, 0.3) is 5.91 Å². The van der Waals surface area contributed by atoms with Crippen molar-refractivity contribution in [3.05, 3.63) is 53.1 Å². The van der Waals surface area contributed by atoms with Gasteiger partial charge in [0.1, 0.15) is 5.75 Å². The molecule has 2 rings (SSSR count). The molecule has 0 bridgehead atoms. The van der Waals surface area contributed by atoms with Gasteiger partial charge in [-0.3, -0.25) is 9.59 Å². The van der Waals surface area contributed by atoms with E-state index in [0.29, 0.717) is 18.0 Å². The summed E-state index contributed by atoms with van der Waals surface area (Å²) in [4.78, 5) is 24.6. The smallest absolute Gasteiger partial charge is 0.253 e. The predicted octanol–water partition coefficient (Wildman–Crippen LogP) is 3.14. The number of anilines is 1. The Labute approximate surface area is 187 Å². The van der Waals surface area contributed by atoms with E-state index < -0.39 is 21.8 Å². The number of hydrogen-bond donors (Lipinski definition) is 2. The van der Waals surface area contributed by atoms with Crippen LogP contribution in [0.1, 0.15) is 31.1 Å². The van der Waals surface area contributed by atoms with E-state index >= 15 is 0 Å². The Kier molecular flexibility index (Phi) is 8.43. The van der Waals surface area contributed by atoms with E-state index in [1.807, 2.05) is 6.92 Å². The molecule has 0 aliphatic carbocycles. The van der Waals surface area contributed by atoms with Crippen LogP contribution < -0.4 is 15.4 Å². The Bertz CT molecular complexity index is 1040. The van der Waals surface area contributed by atoms with Gasteiger partial charge in [-0.15, -0.1) is 0 Å². The van der Waals surface area contributed by atoms with Crippen molar-refractivity contribution in [2.75, 3.05) is 25.5 Å². The van der Waals surface area contributed by atoms with E-state index in [4.69, 9.17) is 16.3 Å². The van der Waals surface area contributed by atoms with Gasteiger partial charge in [-0.05, 0) is 63.2 Å². The molecule has 0 aliphatic rings. The lowest BCUT2D eigenvalue weighted by Gasteiger charge is -2.21. The van der Waals surface area contributed by atoms with Gasteiger partial charge in [-0.1, -0.05) is 11.6 Å². The number of benzene rings is 2. The fourth-order valence-electron chi connectivity index (χ4n) is 2.54. The summed E-state index contributed by atoms with van der Waals surface area (Å²) in [5.74, 6) is -0.422. The van der Waals surface area contributed by atoms with E-state index in [1.165, 1.54) is 29.6 Å².